The van der Waals surface area contributed by atoms with Crippen molar-refractivity contribution in [2.24, 2.45) is 0 Å². The summed E-state index contributed by atoms with van der Waals surface area (Å²) in [6, 6.07) is 13.7. The number of rotatable bonds is 6. The number of piperazine rings is 1. The van der Waals surface area contributed by atoms with Crippen LogP contribution in [0.1, 0.15) is 31.2 Å². The molecule has 4 aromatic rings. The van der Waals surface area contributed by atoms with Crippen LogP contribution in [0.2, 0.25) is 0 Å². The molecule has 0 bridgehead atoms. The minimum atomic E-state index is -4.41. The van der Waals surface area contributed by atoms with Crippen molar-refractivity contribution < 1.29 is 22.8 Å². The quantitative estimate of drug-likeness (QED) is 0.332. The Morgan fingerprint density at radius 3 is 2.34 bits per heavy atom. The van der Waals surface area contributed by atoms with E-state index in [9.17, 15) is 22.8 Å². The highest BCUT2D eigenvalue weighted by Gasteiger charge is 2.30. The minimum absolute atomic E-state index is 0.0781. The van der Waals surface area contributed by atoms with E-state index in [0.29, 0.717) is 32.0 Å². The molecular formula is C26H25F3N6O2S. The molecule has 38 heavy (non-hydrogen) atoms. The summed E-state index contributed by atoms with van der Waals surface area (Å²) in [6.45, 7) is 3.94. The number of anilines is 2. The van der Waals surface area contributed by atoms with Gasteiger partial charge in [-0.25, -0.2) is 0 Å². The van der Waals surface area contributed by atoms with E-state index in [-0.39, 0.29) is 18.4 Å². The summed E-state index contributed by atoms with van der Waals surface area (Å²) in [6.07, 6.45) is -4.41. The maximum atomic E-state index is 12.8. The highest BCUT2D eigenvalue weighted by atomic mass is 32.1. The van der Waals surface area contributed by atoms with Crippen molar-refractivity contribution in [1.29, 1.82) is 0 Å². The van der Waals surface area contributed by atoms with Gasteiger partial charge in [0.1, 0.15) is 0 Å². The van der Waals surface area contributed by atoms with E-state index in [2.05, 4.69) is 37.7 Å². The number of fused-ring (bicyclic) bond motifs is 1. The van der Waals surface area contributed by atoms with Crippen LogP contribution in [-0.2, 0) is 12.7 Å². The number of aromatic amines is 1. The summed E-state index contributed by atoms with van der Waals surface area (Å²) in [7, 11) is 2.10. The lowest BCUT2D eigenvalue weighted by molar-refractivity contribution is -0.137. The van der Waals surface area contributed by atoms with Crippen molar-refractivity contribution >= 4 is 44.9 Å². The van der Waals surface area contributed by atoms with E-state index in [0.717, 1.165) is 55.3 Å². The van der Waals surface area contributed by atoms with E-state index in [4.69, 9.17) is 0 Å². The van der Waals surface area contributed by atoms with Crippen molar-refractivity contribution in [3.8, 4) is 0 Å². The van der Waals surface area contributed by atoms with E-state index in [1.807, 2.05) is 12.1 Å². The molecule has 2 amide bonds. The first-order valence-corrected chi connectivity index (χ1v) is 12.8. The molecule has 0 unspecified atom stereocenters. The number of carbonyl (C=O) groups is 2. The Morgan fingerprint density at radius 2 is 1.68 bits per heavy atom. The lowest BCUT2D eigenvalue weighted by atomic mass is 10.1. The number of benzene rings is 2. The minimum Gasteiger partial charge on any atom is -0.369 e. The molecule has 0 saturated carbocycles. The van der Waals surface area contributed by atoms with Gasteiger partial charge >= 0.3 is 6.18 Å². The second-order valence-electron chi connectivity index (χ2n) is 9.09. The van der Waals surface area contributed by atoms with Crippen molar-refractivity contribution in [1.82, 2.24) is 20.4 Å². The monoisotopic (exact) mass is 542 g/mol. The Hall–Kier alpha value is -3.90. The van der Waals surface area contributed by atoms with Gasteiger partial charge < -0.3 is 20.4 Å². The van der Waals surface area contributed by atoms with Gasteiger partial charge in [0.2, 0.25) is 0 Å². The van der Waals surface area contributed by atoms with Gasteiger partial charge in [-0.1, -0.05) is 12.1 Å². The summed E-state index contributed by atoms with van der Waals surface area (Å²) >= 11 is 1.16. The largest absolute Gasteiger partial charge is 0.416 e. The van der Waals surface area contributed by atoms with E-state index < -0.39 is 11.7 Å². The molecule has 12 heteroatoms. The zero-order chi connectivity index (χ0) is 26.9. The number of H-pyrrole nitrogens is 1. The van der Waals surface area contributed by atoms with Gasteiger partial charge in [0.25, 0.3) is 11.8 Å². The first kappa shape index (κ1) is 25.7. The molecule has 0 spiro atoms. The number of hydrogen-bond donors (Lipinski definition) is 3. The second kappa shape index (κ2) is 10.5. The number of nitrogens with zero attached hydrogens (tertiary/aromatic N) is 3. The molecule has 8 nitrogen and oxygen atoms in total. The van der Waals surface area contributed by atoms with Crippen LogP contribution >= 0.6 is 11.3 Å². The maximum Gasteiger partial charge on any atom is 0.416 e. The third-order valence-electron chi connectivity index (χ3n) is 6.42. The summed E-state index contributed by atoms with van der Waals surface area (Å²) in [4.78, 5) is 30.4. The Kier molecular flexibility index (Phi) is 7.09. The topological polar surface area (TPSA) is 93.4 Å². The molecule has 0 aliphatic carbocycles. The smallest absolute Gasteiger partial charge is 0.369 e. The van der Waals surface area contributed by atoms with E-state index in [1.165, 1.54) is 12.1 Å². The lowest BCUT2D eigenvalue weighted by Crippen LogP contribution is -2.44. The van der Waals surface area contributed by atoms with E-state index >= 15 is 0 Å². The van der Waals surface area contributed by atoms with Gasteiger partial charge in [-0.05, 0) is 55.1 Å². The predicted molar refractivity (Wildman–Crippen MR) is 141 cm³/mol. The number of nitrogens with one attached hydrogen (secondary N) is 3. The Bertz CT molecular complexity index is 1440. The van der Waals surface area contributed by atoms with Gasteiger partial charge in [0.15, 0.2) is 5.82 Å². The molecule has 2 aromatic carbocycles. The third kappa shape index (κ3) is 5.65. The molecule has 1 fully saturated rings. The van der Waals surface area contributed by atoms with Gasteiger partial charge in [-0.2, -0.15) is 18.3 Å². The van der Waals surface area contributed by atoms with Crippen LogP contribution in [-0.4, -0.2) is 60.1 Å². The van der Waals surface area contributed by atoms with Gasteiger partial charge in [-0.15, -0.1) is 11.3 Å². The van der Waals surface area contributed by atoms with Crippen LogP contribution in [0.25, 0.3) is 10.2 Å². The Labute approximate surface area is 220 Å². The summed E-state index contributed by atoms with van der Waals surface area (Å²) in [5.74, 6) is -0.374. The summed E-state index contributed by atoms with van der Waals surface area (Å²) in [5.41, 5.74) is 1.96. The first-order valence-electron chi connectivity index (χ1n) is 11.9. The number of alkyl halides is 3. The van der Waals surface area contributed by atoms with E-state index in [1.54, 1.807) is 18.2 Å². The number of carbonyl (C=O) groups excluding carboxylic acids is 2. The fraction of sp³-hybridized carbons (Fsp3) is 0.269. The van der Waals surface area contributed by atoms with Crippen molar-refractivity contribution in [2.75, 3.05) is 43.4 Å². The number of thiophene rings is 1. The van der Waals surface area contributed by atoms with Crippen LogP contribution in [0.4, 0.5) is 24.7 Å². The molecule has 3 heterocycles. The number of hydrogen-bond acceptors (Lipinski definition) is 6. The van der Waals surface area contributed by atoms with Crippen molar-refractivity contribution in [3.63, 3.8) is 0 Å². The van der Waals surface area contributed by atoms with Crippen LogP contribution in [0.3, 0.4) is 0 Å². The zero-order valence-electron chi connectivity index (χ0n) is 20.4. The van der Waals surface area contributed by atoms with Crippen LogP contribution in [0.15, 0.2) is 54.6 Å². The molecule has 1 saturated heterocycles. The summed E-state index contributed by atoms with van der Waals surface area (Å²) < 4.78 is 38.8. The molecule has 2 aromatic heterocycles. The SMILES string of the molecule is CN1CCN(c2ccc(C(=O)Nc3n[nH]c4cc(C(=O)NCc5ccc(C(F)(F)F)cc5)sc34)cc2)CC1. The normalized spacial score (nSPS) is 14.6. The molecular weight excluding hydrogens is 517 g/mol. The Morgan fingerprint density at radius 1 is 1.00 bits per heavy atom. The molecule has 0 atom stereocenters. The maximum absolute atomic E-state index is 12.8. The Balaban J connectivity index is 1.20. The predicted octanol–water partition coefficient (Wildman–Crippen LogP) is 4.58. The zero-order valence-corrected chi connectivity index (χ0v) is 21.2. The number of aromatic nitrogens is 2. The van der Waals surface area contributed by atoms with Crippen LogP contribution in [0, 0.1) is 0 Å². The molecule has 0 radical (unpaired) electrons. The molecule has 1 aliphatic heterocycles. The molecule has 1 aliphatic rings. The van der Waals surface area contributed by atoms with Crippen molar-refractivity contribution in [3.05, 3.63) is 76.2 Å². The lowest BCUT2D eigenvalue weighted by Gasteiger charge is -2.34. The fourth-order valence-corrected chi connectivity index (χ4v) is 5.13. The number of amides is 2. The first-order chi connectivity index (χ1) is 18.2. The highest BCUT2D eigenvalue weighted by Crippen LogP contribution is 2.31. The summed E-state index contributed by atoms with van der Waals surface area (Å²) in [5, 5.41) is 12.5. The van der Waals surface area contributed by atoms with Crippen LogP contribution < -0.4 is 15.5 Å². The van der Waals surface area contributed by atoms with Crippen LogP contribution in [0.5, 0.6) is 0 Å². The second-order valence-corrected chi connectivity index (χ2v) is 10.1. The van der Waals surface area contributed by atoms with Gasteiger partial charge in [-0.3, -0.25) is 14.7 Å². The molecule has 3 N–H and O–H groups in total. The highest BCUT2D eigenvalue weighted by molar-refractivity contribution is 7.21. The average Bonchev–Trinajstić information content (AvgIpc) is 3.49. The average molecular weight is 543 g/mol. The van der Waals surface area contributed by atoms with Crippen molar-refractivity contribution in [2.45, 2.75) is 12.7 Å². The fourth-order valence-electron chi connectivity index (χ4n) is 4.16. The number of likely N-dealkylation sites (N-methyl/N-ethyl adjacent to an activating group) is 1. The number of halogens is 3. The standard InChI is InChI=1S/C26H25F3N6O2S/c1-34-10-12-35(13-11-34)19-8-4-17(5-9-19)24(36)31-23-22-20(32-33-23)14-21(38-22)25(37)30-15-16-2-6-18(7-3-16)26(27,28)29/h2-9,14H,10-13,15H2,1H3,(H,30,37)(H2,31,32,33,36). The van der Waals surface area contributed by atoms with Gasteiger partial charge in [0.05, 0.1) is 20.7 Å². The van der Waals surface area contributed by atoms with Gasteiger partial charge in [0, 0.05) is 44.0 Å². The third-order valence-corrected chi connectivity index (χ3v) is 7.56. The molecule has 5 rings (SSSR count). The molecule has 198 valence electrons.